The Morgan fingerprint density at radius 1 is 1.19 bits per heavy atom. The second-order valence-corrected chi connectivity index (χ2v) is 5.10. The average molecular weight is 286 g/mol. The van der Waals surface area contributed by atoms with Gasteiger partial charge in [-0.2, -0.15) is 0 Å². The maximum absolute atomic E-state index is 9.94. The number of aromatic nitrogens is 2. The minimum absolute atomic E-state index is 0.0867. The number of aliphatic hydroxyl groups excluding tert-OH is 1. The van der Waals surface area contributed by atoms with Gasteiger partial charge in [0.1, 0.15) is 0 Å². The highest BCUT2D eigenvalue weighted by Gasteiger charge is 2.21. The number of hydrogen-bond acceptors (Lipinski definition) is 4. The predicted molar refractivity (Wildman–Crippen MR) is 66.2 cm³/mol. The van der Waals surface area contributed by atoms with Crippen molar-refractivity contribution in [2.75, 3.05) is 5.32 Å². The van der Waals surface area contributed by atoms with Gasteiger partial charge >= 0.3 is 0 Å². The van der Waals surface area contributed by atoms with Crippen molar-refractivity contribution in [2.24, 2.45) is 0 Å². The molecule has 1 fully saturated rings. The van der Waals surface area contributed by atoms with Crippen molar-refractivity contribution in [3.8, 4) is 0 Å². The van der Waals surface area contributed by atoms with Gasteiger partial charge in [0.25, 0.3) is 0 Å². The van der Waals surface area contributed by atoms with E-state index in [9.17, 15) is 5.11 Å². The van der Waals surface area contributed by atoms with E-state index in [1.54, 1.807) is 12.4 Å². The molecular weight excluding hydrogens is 270 g/mol. The molecule has 4 nitrogen and oxygen atoms in total. The van der Waals surface area contributed by atoms with Crippen LogP contribution >= 0.6 is 15.9 Å². The quantitative estimate of drug-likeness (QED) is 0.819. The molecule has 16 heavy (non-hydrogen) atoms. The Morgan fingerprint density at radius 3 is 2.62 bits per heavy atom. The lowest BCUT2D eigenvalue weighted by Gasteiger charge is -2.21. The van der Waals surface area contributed by atoms with Crippen molar-refractivity contribution in [3.05, 3.63) is 16.9 Å². The third-order valence-corrected chi connectivity index (χ3v) is 3.32. The Hall–Kier alpha value is -0.680. The molecule has 1 aromatic rings. The number of nitrogens with one attached hydrogen (secondary N) is 1. The average Bonchev–Trinajstić information content (AvgIpc) is 2.48. The van der Waals surface area contributed by atoms with Crippen molar-refractivity contribution in [1.29, 1.82) is 0 Å². The highest BCUT2D eigenvalue weighted by atomic mass is 79.9. The SMILES string of the molecule is OC1CCCCCC1Nc1ncc(Br)cn1. The summed E-state index contributed by atoms with van der Waals surface area (Å²) in [6.07, 6.45) is 8.46. The molecule has 1 aromatic heterocycles. The lowest BCUT2D eigenvalue weighted by atomic mass is 10.1. The second kappa shape index (κ2) is 5.59. The summed E-state index contributed by atoms with van der Waals surface area (Å²) in [5.41, 5.74) is 0. The van der Waals surface area contributed by atoms with Crippen molar-refractivity contribution in [3.63, 3.8) is 0 Å². The normalized spacial score (nSPS) is 26.1. The van der Waals surface area contributed by atoms with E-state index in [-0.39, 0.29) is 12.1 Å². The molecule has 2 N–H and O–H groups in total. The summed E-state index contributed by atoms with van der Waals surface area (Å²) in [6.45, 7) is 0. The third kappa shape index (κ3) is 3.15. The predicted octanol–water partition coefficient (Wildman–Crippen LogP) is 2.34. The highest BCUT2D eigenvalue weighted by molar-refractivity contribution is 9.10. The third-order valence-electron chi connectivity index (χ3n) is 2.91. The van der Waals surface area contributed by atoms with Gasteiger partial charge in [0.05, 0.1) is 16.6 Å². The molecule has 0 bridgehead atoms. The van der Waals surface area contributed by atoms with E-state index in [1.807, 2.05) is 0 Å². The summed E-state index contributed by atoms with van der Waals surface area (Å²) in [7, 11) is 0. The largest absolute Gasteiger partial charge is 0.391 e. The van der Waals surface area contributed by atoms with Crippen LogP contribution < -0.4 is 5.32 Å². The first kappa shape index (κ1) is 11.8. The van der Waals surface area contributed by atoms with Crippen LogP contribution in [0.3, 0.4) is 0 Å². The Balaban J connectivity index is 1.99. The van der Waals surface area contributed by atoms with Gasteiger partial charge in [0.15, 0.2) is 0 Å². The van der Waals surface area contributed by atoms with Gasteiger partial charge < -0.3 is 10.4 Å². The molecule has 0 radical (unpaired) electrons. The molecule has 0 saturated heterocycles. The van der Waals surface area contributed by atoms with E-state index in [1.165, 1.54) is 6.42 Å². The fraction of sp³-hybridized carbons (Fsp3) is 0.636. The molecule has 1 heterocycles. The molecule has 1 saturated carbocycles. The van der Waals surface area contributed by atoms with Crippen molar-refractivity contribution in [1.82, 2.24) is 9.97 Å². The van der Waals surface area contributed by atoms with Crippen LogP contribution in [0.1, 0.15) is 32.1 Å². The standard InChI is InChI=1S/C11H16BrN3O/c12-8-6-13-11(14-7-8)15-9-4-2-1-3-5-10(9)16/h6-7,9-10,16H,1-5H2,(H,13,14,15). The number of aliphatic hydroxyl groups is 1. The van der Waals surface area contributed by atoms with Crippen molar-refractivity contribution >= 4 is 21.9 Å². The summed E-state index contributed by atoms with van der Waals surface area (Å²) in [5.74, 6) is 0.592. The number of anilines is 1. The van der Waals surface area contributed by atoms with Gasteiger partial charge in [0, 0.05) is 12.4 Å². The number of nitrogens with zero attached hydrogens (tertiary/aromatic N) is 2. The highest BCUT2D eigenvalue weighted by Crippen LogP contribution is 2.20. The summed E-state index contributed by atoms with van der Waals surface area (Å²) >= 11 is 3.29. The first-order chi connectivity index (χ1) is 7.75. The molecule has 2 rings (SSSR count). The van der Waals surface area contributed by atoms with E-state index in [0.717, 1.165) is 30.2 Å². The molecule has 2 atom stereocenters. The second-order valence-electron chi connectivity index (χ2n) is 4.18. The molecule has 88 valence electrons. The zero-order chi connectivity index (χ0) is 11.4. The number of rotatable bonds is 2. The Labute approximate surface area is 104 Å². The molecule has 1 aliphatic rings. The molecule has 0 spiro atoms. The van der Waals surface area contributed by atoms with Crippen molar-refractivity contribution in [2.45, 2.75) is 44.2 Å². The number of halogens is 1. The zero-order valence-corrected chi connectivity index (χ0v) is 10.7. The zero-order valence-electron chi connectivity index (χ0n) is 9.06. The minimum Gasteiger partial charge on any atom is -0.391 e. The van der Waals surface area contributed by atoms with Crippen LogP contribution in [0, 0.1) is 0 Å². The molecule has 1 aliphatic carbocycles. The summed E-state index contributed by atoms with van der Waals surface area (Å²) < 4.78 is 0.861. The maximum Gasteiger partial charge on any atom is 0.222 e. The van der Waals surface area contributed by atoms with E-state index in [2.05, 4.69) is 31.2 Å². The molecule has 2 unspecified atom stereocenters. The summed E-state index contributed by atoms with van der Waals surface area (Å²) in [5, 5.41) is 13.1. The van der Waals surface area contributed by atoms with E-state index in [0.29, 0.717) is 5.95 Å². The topological polar surface area (TPSA) is 58.0 Å². The molecule has 5 heteroatoms. The molecule has 0 amide bonds. The van der Waals surface area contributed by atoms with Gasteiger partial charge in [0.2, 0.25) is 5.95 Å². The Kier molecular flexibility index (Phi) is 4.12. The monoisotopic (exact) mass is 285 g/mol. The minimum atomic E-state index is -0.283. The van der Waals surface area contributed by atoms with Crippen LogP contribution in [0.4, 0.5) is 5.95 Å². The van der Waals surface area contributed by atoms with Gasteiger partial charge in [-0.25, -0.2) is 9.97 Å². The molecular formula is C11H16BrN3O. The van der Waals surface area contributed by atoms with Crippen LogP contribution in [0.15, 0.2) is 16.9 Å². The van der Waals surface area contributed by atoms with Crippen LogP contribution in [0.25, 0.3) is 0 Å². The van der Waals surface area contributed by atoms with Crippen LogP contribution in [0.2, 0.25) is 0 Å². The maximum atomic E-state index is 9.94. The smallest absolute Gasteiger partial charge is 0.222 e. The van der Waals surface area contributed by atoms with E-state index in [4.69, 9.17) is 0 Å². The van der Waals surface area contributed by atoms with Crippen LogP contribution in [0.5, 0.6) is 0 Å². The van der Waals surface area contributed by atoms with Crippen LogP contribution in [-0.4, -0.2) is 27.2 Å². The Bertz CT molecular complexity index is 331. The van der Waals surface area contributed by atoms with Crippen LogP contribution in [-0.2, 0) is 0 Å². The van der Waals surface area contributed by atoms with Crippen molar-refractivity contribution < 1.29 is 5.11 Å². The number of hydrogen-bond donors (Lipinski definition) is 2. The van der Waals surface area contributed by atoms with E-state index >= 15 is 0 Å². The lowest BCUT2D eigenvalue weighted by molar-refractivity contribution is 0.144. The van der Waals surface area contributed by atoms with Gasteiger partial charge in [-0.3, -0.25) is 0 Å². The van der Waals surface area contributed by atoms with Gasteiger partial charge in [-0.15, -0.1) is 0 Å². The van der Waals surface area contributed by atoms with E-state index < -0.39 is 0 Å². The summed E-state index contributed by atoms with van der Waals surface area (Å²) in [6, 6.07) is 0.0867. The first-order valence-electron chi connectivity index (χ1n) is 5.68. The van der Waals surface area contributed by atoms with Gasteiger partial charge in [-0.05, 0) is 28.8 Å². The molecule has 0 aliphatic heterocycles. The lowest BCUT2D eigenvalue weighted by Crippen LogP contribution is -2.33. The van der Waals surface area contributed by atoms with Gasteiger partial charge in [-0.1, -0.05) is 19.3 Å². The first-order valence-corrected chi connectivity index (χ1v) is 6.47. The molecule has 0 aromatic carbocycles. The summed E-state index contributed by atoms with van der Waals surface area (Å²) in [4.78, 5) is 8.31. The fourth-order valence-electron chi connectivity index (χ4n) is 2.01. The fourth-order valence-corrected chi connectivity index (χ4v) is 2.21. The Morgan fingerprint density at radius 2 is 1.88 bits per heavy atom.